The Morgan fingerprint density at radius 2 is 1.69 bits per heavy atom. The van der Waals surface area contributed by atoms with Crippen molar-refractivity contribution < 1.29 is 14.4 Å². The summed E-state index contributed by atoms with van der Waals surface area (Å²) in [6, 6.07) is 18.7. The fourth-order valence-corrected chi connectivity index (χ4v) is 5.04. The summed E-state index contributed by atoms with van der Waals surface area (Å²) in [5.74, 6) is -0.816. The van der Waals surface area contributed by atoms with Gasteiger partial charge >= 0.3 is 0 Å². The monoisotopic (exact) mass is 443 g/mol. The Morgan fingerprint density at radius 1 is 0.938 bits per heavy atom. The Labute approximate surface area is 189 Å². The van der Waals surface area contributed by atoms with Gasteiger partial charge in [-0.3, -0.25) is 14.4 Å². The quantitative estimate of drug-likeness (QED) is 0.618. The lowest BCUT2D eigenvalue weighted by atomic mass is 9.99. The van der Waals surface area contributed by atoms with Crippen LogP contribution >= 0.6 is 11.3 Å². The van der Waals surface area contributed by atoms with Gasteiger partial charge in [-0.1, -0.05) is 30.3 Å². The highest BCUT2D eigenvalue weighted by Crippen LogP contribution is 2.38. The summed E-state index contributed by atoms with van der Waals surface area (Å²) in [6.45, 7) is 2.70. The summed E-state index contributed by atoms with van der Waals surface area (Å²) in [7, 11) is 0. The molecule has 2 aliphatic rings. The molecule has 6 nitrogen and oxygen atoms in total. The van der Waals surface area contributed by atoms with Gasteiger partial charge in [0.05, 0.1) is 11.3 Å². The molecule has 3 heterocycles. The number of nitrogens with zero attached hydrogens (tertiary/aromatic N) is 2. The average molecular weight is 444 g/mol. The van der Waals surface area contributed by atoms with Crippen molar-refractivity contribution in [1.29, 1.82) is 0 Å². The van der Waals surface area contributed by atoms with Gasteiger partial charge in [0.2, 0.25) is 5.91 Å². The summed E-state index contributed by atoms with van der Waals surface area (Å²) in [5.41, 5.74) is 4.46. The van der Waals surface area contributed by atoms with E-state index in [0.717, 1.165) is 11.3 Å². The second-order valence-electron chi connectivity index (χ2n) is 7.81. The third-order valence-corrected chi connectivity index (χ3v) is 6.61. The number of imide groups is 1. The van der Waals surface area contributed by atoms with Gasteiger partial charge in [-0.05, 0) is 53.3 Å². The van der Waals surface area contributed by atoms with Crippen molar-refractivity contribution in [1.82, 2.24) is 4.90 Å². The Hall–Kier alpha value is -3.71. The zero-order valence-electron chi connectivity index (χ0n) is 17.5. The molecule has 0 spiro atoms. The molecule has 0 saturated heterocycles. The van der Waals surface area contributed by atoms with Gasteiger partial charge in [0.1, 0.15) is 5.70 Å². The molecule has 0 aliphatic carbocycles. The number of nitrogens with one attached hydrogen (secondary N) is 1. The summed E-state index contributed by atoms with van der Waals surface area (Å²) in [6.07, 6.45) is 0.824. The van der Waals surface area contributed by atoms with Crippen molar-refractivity contribution >= 4 is 46.0 Å². The molecule has 1 N–H and O–H groups in total. The molecule has 0 unspecified atom stereocenters. The van der Waals surface area contributed by atoms with Crippen LogP contribution < -0.4 is 10.2 Å². The summed E-state index contributed by atoms with van der Waals surface area (Å²) in [5, 5.41) is 4.61. The number of hydrogen-bond acceptors (Lipinski definition) is 5. The largest absolute Gasteiger partial charge is 0.362 e. The van der Waals surface area contributed by atoms with Crippen LogP contribution in [0, 0.1) is 0 Å². The maximum Gasteiger partial charge on any atom is 0.282 e. The maximum absolute atomic E-state index is 13.6. The minimum Gasteiger partial charge on any atom is -0.362 e. The Morgan fingerprint density at radius 3 is 2.38 bits per heavy atom. The number of anilines is 2. The Bertz CT molecular complexity index is 1250. The molecule has 0 saturated carbocycles. The van der Waals surface area contributed by atoms with Gasteiger partial charge in [-0.15, -0.1) is 11.3 Å². The van der Waals surface area contributed by atoms with E-state index in [4.69, 9.17) is 0 Å². The van der Waals surface area contributed by atoms with E-state index in [1.807, 2.05) is 34.5 Å². The first-order valence-electron chi connectivity index (χ1n) is 10.4. The van der Waals surface area contributed by atoms with Crippen LogP contribution in [0.25, 0.3) is 5.57 Å². The van der Waals surface area contributed by atoms with Crippen LogP contribution in [0.4, 0.5) is 11.4 Å². The lowest BCUT2D eigenvalue weighted by Crippen LogP contribution is -2.37. The SMILES string of the molecule is CC(=O)Nc1ccc(N2C(=O)C(c3cccs3)=C(N3CCc4ccccc4C3)C2=O)cc1. The van der Waals surface area contributed by atoms with Gasteiger partial charge in [0.25, 0.3) is 11.8 Å². The first kappa shape index (κ1) is 20.2. The van der Waals surface area contributed by atoms with Crippen LogP contribution in [-0.2, 0) is 27.3 Å². The number of hydrogen-bond donors (Lipinski definition) is 1. The fourth-order valence-electron chi connectivity index (χ4n) is 4.27. The molecule has 2 aromatic carbocycles. The van der Waals surface area contributed by atoms with Crippen LogP contribution in [-0.4, -0.2) is 29.2 Å². The number of thiophene rings is 1. The highest BCUT2D eigenvalue weighted by atomic mass is 32.1. The van der Waals surface area contributed by atoms with E-state index in [2.05, 4.69) is 17.4 Å². The van der Waals surface area contributed by atoms with E-state index in [1.54, 1.807) is 24.3 Å². The third-order valence-electron chi connectivity index (χ3n) is 5.72. The van der Waals surface area contributed by atoms with Crippen molar-refractivity contribution in [3.8, 4) is 0 Å². The molecule has 160 valence electrons. The van der Waals surface area contributed by atoms with E-state index >= 15 is 0 Å². The van der Waals surface area contributed by atoms with Gasteiger partial charge in [-0.2, -0.15) is 0 Å². The lowest BCUT2D eigenvalue weighted by Gasteiger charge is -2.31. The summed E-state index contributed by atoms with van der Waals surface area (Å²) < 4.78 is 0. The fraction of sp³-hybridized carbons (Fsp3) is 0.160. The van der Waals surface area contributed by atoms with E-state index in [1.165, 1.54) is 34.3 Å². The molecule has 32 heavy (non-hydrogen) atoms. The minimum absolute atomic E-state index is 0.180. The van der Waals surface area contributed by atoms with Crippen LogP contribution in [0.1, 0.15) is 22.9 Å². The van der Waals surface area contributed by atoms with Crippen molar-refractivity contribution in [2.24, 2.45) is 0 Å². The van der Waals surface area contributed by atoms with Gasteiger partial charge in [0.15, 0.2) is 0 Å². The van der Waals surface area contributed by atoms with Crippen molar-refractivity contribution in [3.63, 3.8) is 0 Å². The highest BCUT2D eigenvalue weighted by Gasteiger charge is 2.43. The average Bonchev–Trinajstić information content (AvgIpc) is 3.40. The summed E-state index contributed by atoms with van der Waals surface area (Å²) >= 11 is 1.45. The van der Waals surface area contributed by atoms with Crippen LogP contribution in [0.3, 0.4) is 0 Å². The molecule has 0 atom stereocenters. The number of amides is 3. The number of rotatable bonds is 4. The number of carbonyl (C=O) groups excluding carboxylic acids is 3. The molecule has 0 radical (unpaired) electrons. The minimum atomic E-state index is -0.321. The third kappa shape index (κ3) is 3.50. The first-order chi connectivity index (χ1) is 15.5. The molecule has 7 heteroatoms. The van der Waals surface area contributed by atoms with Crippen molar-refractivity contribution in [2.45, 2.75) is 19.9 Å². The van der Waals surface area contributed by atoms with E-state index in [-0.39, 0.29) is 17.7 Å². The van der Waals surface area contributed by atoms with Crippen molar-refractivity contribution in [3.05, 3.63) is 87.7 Å². The van der Waals surface area contributed by atoms with Crippen LogP contribution in [0.15, 0.2) is 71.7 Å². The molecule has 2 aliphatic heterocycles. The Balaban J connectivity index is 1.53. The first-order valence-corrected chi connectivity index (χ1v) is 11.3. The molecule has 3 aromatic rings. The molecular formula is C25H21N3O3S. The van der Waals surface area contributed by atoms with E-state index in [9.17, 15) is 14.4 Å². The van der Waals surface area contributed by atoms with Crippen LogP contribution in [0.2, 0.25) is 0 Å². The van der Waals surface area contributed by atoms with E-state index < -0.39 is 0 Å². The molecule has 1 aromatic heterocycles. The summed E-state index contributed by atoms with van der Waals surface area (Å²) in [4.78, 5) is 42.5. The highest BCUT2D eigenvalue weighted by molar-refractivity contribution is 7.11. The maximum atomic E-state index is 13.6. The van der Waals surface area contributed by atoms with Gasteiger partial charge in [0, 0.05) is 30.6 Å². The number of fused-ring (bicyclic) bond motifs is 1. The zero-order valence-corrected chi connectivity index (χ0v) is 18.3. The second-order valence-corrected chi connectivity index (χ2v) is 8.76. The topological polar surface area (TPSA) is 69.7 Å². The molecule has 0 bridgehead atoms. The lowest BCUT2D eigenvalue weighted by molar-refractivity contribution is -0.121. The number of carbonyl (C=O) groups is 3. The number of benzene rings is 2. The normalized spacial score (nSPS) is 15.9. The molecule has 5 rings (SSSR count). The molecule has 3 amide bonds. The van der Waals surface area contributed by atoms with Gasteiger partial charge in [-0.25, -0.2) is 4.90 Å². The van der Waals surface area contributed by atoms with Crippen molar-refractivity contribution in [2.75, 3.05) is 16.8 Å². The predicted octanol–water partition coefficient (Wildman–Crippen LogP) is 4.05. The smallest absolute Gasteiger partial charge is 0.282 e. The second kappa shape index (κ2) is 8.09. The predicted molar refractivity (Wildman–Crippen MR) is 125 cm³/mol. The molecular weight excluding hydrogens is 422 g/mol. The standard InChI is InChI=1S/C25H21N3O3S/c1-16(29)26-19-8-10-20(11-9-19)28-24(30)22(21-7-4-14-32-21)23(25(28)31)27-13-12-17-5-2-3-6-18(17)15-27/h2-11,14H,12-13,15H2,1H3,(H,26,29). The Kier molecular flexibility index (Phi) is 5.11. The van der Waals surface area contributed by atoms with E-state index in [0.29, 0.717) is 35.7 Å². The zero-order chi connectivity index (χ0) is 22.2. The molecule has 0 fully saturated rings. The van der Waals surface area contributed by atoms with Crippen LogP contribution in [0.5, 0.6) is 0 Å². The van der Waals surface area contributed by atoms with Gasteiger partial charge < -0.3 is 10.2 Å².